The van der Waals surface area contributed by atoms with E-state index in [-0.39, 0.29) is 11.0 Å². The van der Waals surface area contributed by atoms with Crippen molar-refractivity contribution in [3.8, 4) is 0 Å². The number of benzene rings is 1. The Balaban J connectivity index is 2.50. The standard InChI is InChI=1S/C14H18BFO4/c1-8-9(12(17)18)6-7-10(16)11(8)15-19-13(2,3)14(4,5)20-15/h6-7H,1-5H3,(H,17,18). The molecule has 0 unspecified atom stereocenters. The number of aromatic carboxylic acids is 1. The van der Waals surface area contributed by atoms with Crippen LogP contribution in [0.3, 0.4) is 0 Å². The average Bonchev–Trinajstić information content (AvgIpc) is 2.47. The maximum absolute atomic E-state index is 14.1. The fraction of sp³-hybridized carbons (Fsp3) is 0.500. The van der Waals surface area contributed by atoms with Crippen LogP contribution in [0, 0.1) is 12.7 Å². The predicted octanol–water partition coefficient (Wildman–Crippen LogP) is 2.13. The van der Waals surface area contributed by atoms with Gasteiger partial charge in [0.1, 0.15) is 5.82 Å². The van der Waals surface area contributed by atoms with Crippen molar-refractivity contribution in [1.82, 2.24) is 0 Å². The Kier molecular flexibility index (Phi) is 3.43. The smallest absolute Gasteiger partial charge is 0.478 e. The van der Waals surface area contributed by atoms with Crippen molar-refractivity contribution in [3.05, 3.63) is 29.1 Å². The van der Waals surface area contributed by atoms with Gasteiger partial charge in [-0.3, -0.25) is 0 Å². The zero-order chi connectivity index (χ0) is 15.3. The van der Waals surface area contributed by atoms with Crippen LogP contribution >= 0.6 is 0 Å². The van der Waals surface area contributed by atoms with Gasteiger partial charge in [-0.1, -0.05) is 0 Å². The molecule has 0 amide bonds. The molecular weight excluding hydrogens is 262 g/mol. The molecule has 0 aliphatic carbocycles. The lowest BCUT2D eigenvalue weighted by molar-refractivity contribution is 0.00578. The van der Waals surface area contributed by atoms with Gasteiger partial charge in [-0.15, -0.1) is 0 Å². The van der Waals surface area contributed by atoms with Crippen molar-refractivity contribution < 1.29 is 23.6 Å². The number of rotatable bonds is 2. The van der Waals surface area contributed by atoms with E-state index in [1.807, 2.05) is 27.7 Å². The van der Waals surface area contributed by atoms with Gasteiger partial charge in [-0.25, -0.2) is 9.18 Å². The predicted molar refractivity (Wildman–Crippen MR) is 73.8 cm³/mol. The van der Waals surface area contributed by atoms with Gasteiger partial charge in [-0.2, -0.15) is 0 Å². The monoisotopic (exact) mass is 280 g/mol. The normalized spacial score (nSPS) is 20.2. The summed E-state index contributed by atoms with van der Waals surface area (Å²) in [6.45, 7) is 9.01. The molecule has 1 aromatic carbocycles. The Bertz CT molecular complexity index is 553. The van der Waals surface area contributed by atoms with Crippen LogP contribution < -0.4 is 5.46 Å². The topological polar surface area (TPSA) is 55.8 Å². The summed E-state index contributed by atoms with van der Waals surface area (Å²) in [5.41, 5.74) is -0.665. The van der Waals surface area contributed by atoms with Gasteiger partial charge >= 0.3 is 13.1 Å². The summed E-state index contributed by atoms with van der Waals surface area (Å²) >= 11 is 0. The van der Waals surface area contributed by atoms with Crippen molar-refractivity contribution >= 4 is 18.6 Å². The first-order valence-electron chi connectivity index (χ1n) is 6.45. The van der Waals surface area contributed by atoms with Crippen molar-refractivity contribution in [3.63, 3.8) is 0 Å². The van der Waals surface area contributed by atoms with Crippen LogP contribution in [0.2, 0.25) is 0 Å². The van der Waals surface area contributed by atoms with Gasteiger partial charge in [0.2, 0.25) is 0 Å². The highest BCUT2D eigenvalue weighted by atomic mass is 19.1. The van der Waals surface area contributed by atoms with Crippen LogP contribution in [-0.2, 0) is 9.31 Å². The largest absolute Gasteiger partial charge is 0.498 e. The second-order valence-electron chi connectivity index (χ2n) is 6.03. The summed E-state index contributed by atoms with van der Waals surface area (Å²) in [7, 11) is -0.903. The molecule has 1 aliphatic heterocycles. The summed E-state index contributed by atoms with van der Waals surface area (Å²) in [5, 5.41) is 9.13. The third kappa shape index (κ3) is 2.23. The quantitative estimate of drug-likeness (QED) is 0.843. The van der Waals surface area contributed by atoms with E-state index in [0.717, 1.165) is 6.07 Å². The highest BCUT2D eigenvalue weighted by molar-refractivity contribution is 6.62. The lowest BCUT2D eigenvalue weighted by atomic mass is 9.74. The molecule has 20 heavy (non-hydrogen) atoms. The van der Waals surface area contributed by atoms with Gasteiger partial charge in [0.15, 0.2) is 0 Å². The first-order valence-corrected chi connectivity index (χ1v) is 6.45. The van der Waals surface area contributed by atoms with E-state index in [4.69, 9.17) is 14.4 Å². The van der Waals surface area contributed by atoms with Crippen LogP contribution in [0.15, 0.2) is 12.1 Å². The number of hydrogen-bond donors (Lipinski definition) is 1. The van der Waals surface area contributed by atoms with E-state index in [9.17, 15) is 9.18 Å². The molecule has 2 rings (SSSR count). The van der Waals surface area contributed by atoms with E-state index >= 15 is 0 Å². The highest BCUT2D eigenvalue weighted by Crippen LogP contribution is 2.37. The van der Waals surface area contributed by atoms with Crippen molar-refractivity contribution in [2.45, 2.75) is 45.8 Å². The minimum absolute atomic E-state index is 0.0520. The zero-order valence-corrected chi connectivity index (χ0v) is 12.3. The summed E-state index contributed by atoms with van der Waals surface area (Å²) in [4.78, 5) is 11.2. The number of hydrogen-bond acceptors (Lipinski definition) is 3. The second-order valence-corrected chi connectivity index (χ2v) is 6.03. The highest BCUT2D eigenvalue weighted by Gasteiger charge is 2.53. The molecule has 0 aromatic heterocycles. The molecule has 0 spiro atoms. The molecule has 1 aromatic rings. The SMILES string of the molecule is Cc1c(C(=O)O)ccc(F)c1B1OC(C)(C)C(C)(C)O1. The third-order valence-electron chi connectivity index (χ3n) is 4.18. The minimum Gasteiger partial charge on any atom is -0.478 e. The lowest BCUT2D eigenvalue weighted by Crippen LogP contribution is -2.41. The molecule has 6 heteroatoms. The molecule has 0 radical (unpaired) electrons. The summed E-state index contributed by atoms with van der Waals surface area (Å²) in [6, 6.07) is 2.39. The molecule has 0 saturated carbocycles. The average molecular weight is 280 g/mol. The van der Waals surface area contributed by atoms with Crippen molar-refractivity contribution in [2.24, 2.45) is 0 Å². The van der Waals surface area contributed by atoms with E-state index in [2.05, 4.69) is 0 Å². The lowest BCUT2D eigenvalue weighted by Gasteiger charge is -2.32. The second kappa shape index (κ2) is 4.57. The Morgan fingerprint density at radius 2 is 1.70 bits per heavy atom. The van der Waals surface area contributed by atoms with Crippen LogP contribution in [0.5, 0.6) is 0 Å². The van der Waals surface area contributed by atoms with E-state index in [1.165, 1.54) is 6.07 Å². The minimum atomic E-state index is -1.10. The summed E-state index contributed by atoms with van der Waals surface area (Å²) in [5.74, 6) is -1.62. The van der Waals surface area contributed by atoms with Crippen LogP contribution in [0.1, 0.15) is 43.6 Å². The van der Waals surface area contributed by atoms with Gasteiger partial charge in [0.25, 0.3) is 0 Å². The van der Waals surface area contributed by atoms with Gasteiger partial charge in [0.05, 0.1) is 16.8 Å². The first-order chi connectivity index (χ1) is 9.07. The van der Waals surface area contributed by atoms with Crippen LogP contribution in [-0.4, -0.2) is 29.4 Å². The summed E-state index contributed by atoms with van der Waals surface area (Å²) in [6.07, 6.45) is 0. The molecular formula is C14H18BFO4. The summed E-state index contributed by atoms with van der Waals surface area (Å²) < 4.78 is 25.7. The van der Waals surface area contributed by atoms with Gasteiger partial charge < -0.3 is 14.4 Å². The van der Waals surface area contributed by atoms with Gasteiger partial charge in [-0.05, 0) is 52.3 Å². The molecule has 4 nitrogen and oxygen atoms in total. The molecule has 1 saturated heterocycles. The fourth-order valence-corrected chi connectivity index (χ4v) is 2.18. The van der Waals surface area contributed by atoms with Crippen LogP contribution in [0.25, 0.3) is 0 Å². The number of halogens is 1. The number of carboxylic acid groups (broad SMARTS) is 1. The van der Waals surface area contributed by atoms with Crippen molar-refractivity contribution in [2.75, 3.05) is 0 Å². The zero-order valence-electron chi connectivity index (χ0n) is 12.3. The fourth-order valence-electron chi connectivity index (χ4n) is 2.18. The Hall–Kier alpha value is -1.40. The molecule has 1 aliphatic rings. The Morgan fingerprint density at radius 1 is 1.20 bits per heavy atom. The van der Waals surface area contributed by atoms with E-state index in [0.29, 0.717) is 5.56 Å². The van der Waals surface area contributed by atoms with Gasteiger partial charge in [0, 0.05) is 5.46 Å². The molecule has 1 heterocycles. The Morgan fingerprint density at radius 3 is 2.15 bits per heavy atom. The molecule has 1 fully saturated rings. The third-order valence-corrected chi connectivity index (χ3v) is 4.18. The maximum atomic E-state index is 14.1. The molecule has 0 bridgehead atoms. The van der Waals surface area contributed by atoms with E-state index < -0.39 is 30.1 Å². The van der Waals surface area contributed by atoms with Crippen molar-refractivity contribution in [1.29, 1.82) is 0 Å². The van der Waals surface area contributed by atoms with E-state index in [1.54, 1.807) is 6.92 Å². The number of carboxylic acids is 1. The molecule has 108 valence electrons. The number of carbonyl (C=O) groups is 1. The molecule has 1 N–H and O–H groups in total. The molecule has 0 atom stereocenters. The Labute approximate surface area is 118 Å². The van der Waals surface area contributed by atoms with Crippen LogP contribution in [0.4, 0.5) is 4.39 Å². The maximum Gasteiger partial charge on any atom is 0.498 e. The first kappa shape index (κ1) is 15.0.